The molecule has 0 radical (unpaired) electrons. The molecule has 24 N–H and O–H groups in total. The van der Waals surface area contributed by atoms with Crippen molar-refractivity contribution in [3.05, 3.63) is 0 Å². The van der Waals surface area contributed by atoms with E-state index in [0.29, 0.717) is 0 Å². The normalized spacial score (nSPS) is 20.0. The summed E-state index contributed by atoms with van der Waals surface area (Å²) < 4.78 is 0. The number of rotatable bonds is 33. The Bertz CT molecular complexity index is 1870. The topological polar surface area (TPSA) is 540 Å². The number of carbonyl (C=O) groups excluding carboxylic acids is 8. The van der Waals surface area contributed by atoms with Crippen molar-refractivity contribution >= 4 is 82.9 Å². The van der Waals surface area contributed by atoms with Gasteiger partial charge in [0.25, 0.3) is 5.91 Å². The molecule has 0 aromatic heterocycles. The Kier molecular flexibility index (Phi) is 27.1. The number of hydrogen-bond acceptors (Lipinski definition) is 17. The summed E-state index contributed by atoms with van der Waals surface area (Å²) in [5.41, 5.74) is 18.9. The first-order valence-electron chi connectivity index (χ1n) is 22.0. The second kappa shape index (κ2) is 30.8. The maximum Gasteiger partial charge on any atom is 0.303 e. The maximum absolute atomic E-state index is 14.0. The third-order valence-electron chi connectivity index (χ3n) is 10.7. The number of primary amides is 2. The number of hydrogen-bond donors (Lipinski definition) is 20. The highest BCUT2D eigenvalue weighted by molar-refractivity contribution is 7.98. The fraction of sp³-hybridized carbons (Fsp3) is 0.692. The van der Waals surface area contributed by atoms with Gasteiger partial charge in [-0.3, -0.25) is 58.8 Å². The molecule has 30 nitrogen and oxygen atoms in total. The zero-order valence-corrected chi connectivity index (χ0v) is 39.3. The second-order valence-corrected chi connectivity index (χ2v) is 17.4. The van der Waals surface area contributed by atoms with Crippen LogP contribution in [-0.2, 0) is 47.9 Å². The molecular formula is C39H68N14O16S. The van der Waals surface area contributed by atoms with E-state index in [0.717, 1.165) is 0 Å². The van der Waals surface area contributed by atoms with Gasteiger partial charge >= 0.3 is 11.9 Å². The van der Waals surface area contributed by atoms with Crippen LogP contribution in [-0.4, -0.2) is 187 Å². The molecule has 0 heterocycles. The van der Waals surface area contributed by atoms with E-state index in [2.05, 4.69) is 42.5 Å². The number of aliphatic hydroxyl groups excluding tert-OH is 3. The van der Waals surface area contributed by atoms with Gasteiger partial charge in [-0.25, -0.2) is 0 Å². The number of thioether (sulfide) groups is 1. The van der Waals surface area contributed by atoms with Gasteiger partial charge in [0, 0.05) is 45.2 Å². The minimum atomic E-state index is -2.56. The molecule has 0 aromatic rings. The van der Waals surface area contributed by atoms with Crippen molar-refractivity contribution in [3.63, 3.8) is 0 Å². The number of nitrogens with one attached hydrogen (secondary N) is 10. The fourth-order valence-electron chi connectivity index (χ4n) is 6.86. The van der Waals surface area contributed by atoms with Crippen molar-refractivity contribution in [3.8, 4) is 0 Å². The number of guanidine groups is 2. The average Bonchev–Trinajstić information content (AvgIpc) is 3.26. The predicted octanol–water partition coefficient (Wildman–Crippen LogP) is -7.74. The lowest BCUT2D eigenvalue weighted by atomic mass is 9.79. The minimum absolute atomic E-state index is 0.00853. The summed E-state index contributed by atoms with van der Waals surface area (Å²) in [5.74, 6) is -12.0. The number of aliphatic carboxylic acids is 2. The Morgan fingerprint density at radius 2 is 0.900 bits per heavy atom. The maximum atomic E-state index is 14.0. The molecule has 1 fully saturated rings. The number of carbonyl (C=O) groups is 10. The van der Waals surface area contributed by atoms with E-state index in [-0.39, 0.29) is 56.9 Å². The lowest BCUT2D eigenvalue weighted by Crippen LogP contribution is -2.62. The molecule has 0 bridgehead atoms. The molecular weight excluding hydrogens is 953 g/mol. The lowest BCUT2D eigenvalue weighted by molar-refractivity contribution is -0.173. The Balaban J connectivity index is 3.47. The molecule has 0 unspecified atom stereocenters. The first-order valence-corrected chi connectivity index (χ1v) is 23.4. The fourth-order valence-corrected chi connectivity index (χ4v) is 7.33. The lowest BCUT2D eigenvalue weighted by Gasteiger charge is -2.39. The molecule has 1 rings (SSSR count). The summed E-state index contributed by atoms with van der Waals surface area (Å²) in [6.07, 6.45) is -8.93. The van der Waals surface area contributed by atoms with Crippen LogP contribution in [0.15, 0.2) is 0 Å². The van der Waals surface area contributed by atoms with Gasteiger partial charge in [-0.05, 0) is 63.4 Å². The number of carboxylic acid groups (broad SMARTS) is 2. The highest BCUT2D eigenvalue weighted by Crippen LogP contribution is 2.30. The van der Waals surface area contributed by atoms with E-state index >= 15 is 0 Å². The van der Waals surface area contributed by atoms with Crippen LogP contribution in [0.2, 0.25) is 0 Å². The van der Waals surface area contributed by atoms with Gasteiger partial charge in [0.05, 0.1) is 12.2 Å². The van der Waals surface area contributed by atoms with Crippen LogP contribution < -0.4 is 65.5 Å². The molecule has 0 saturated heterocycles. The smallest absolute Gasteiger partial charge is 0.303 e. The van der Waals surface area contributed by atoms with Gasteiger partial charge < -0.3 is 96.1 Å². The van der Waals surface area contributed by atoms with E-state index in [9.17, 15) is 78.6 Å². The summed E-state index contributed by atoms with van der Waals surface area (Å²) >= 11 is 1.22. The molecule has 0 aromatic carbocycles. The highest BCUT2D eigenvalue weighted by Gasteiger charge is 2.49. The molecule has 8 amide bonds. The second-order valence-electron chi connectivity index (χ2n) is 16.4. The Morgan fingerprint density at radius 1 is 0.557 bits per heavy atom. The standard InChI is InChI=1S/C39H68N14O16S/c1-70-15-12-23(52-33(65)21(7-10-27(57)58)51-34(66)22(8-11-28(59)60)53-36(68)39(69)16-24(54)29(61)25(55)17-39)35(67)50-20(6-9-26(40)56)32(64)49-19(5-3-14-47-38(44)45)31(63)48-18(30(41)62)4-2-13-46-37(42)43/h18-25,29,54-55,61,69H,2-17H2,1H3,(H2,40,56)(H2,41,62)(H,48,63)(H,49,64)(H,50,67)(H,51,66)(H,52,65)(H,53,68)(H,57,58)(H,59,60)(H4,42,43,46)(H4,44,45,47)/t18-,19-,20-,21-,22-,23-,24+,25+,29-,39+/m0/s1. The number of nitrogens with two attached hydrogens (primary N) is 4. The third kappa shape index (κ3) is 23.2. The van der Waals surface area contributed by atoms with E-state index in [1.807, 2.05) is 0 Å². The summed E-state index contributed by atoms with van der Waals surface area (Å²) in [5, 5.41) is 93.6. The molecule has 1 aliphatic carbocycles. The molecule has 1 aliphatic rings. The van der Waals surface area contributed by atoms with E-state index in [1.165, 1.54) is 11.8 Å². The van der Waals surface area contributed by atoms with E-state index < -0.39 is 177 Å². The zero-order chi connectivity index (χ0) is 53.3. The predicted molar refractivity (Wildman–Crippen MR) is 246 cm³/mol. The van der Waals surface area contributed by atoms with Crippen molar-refractivity contribution in [1.82, 2.24) is 42.5 Å². The van der Waals surface area contributed by atoms with Crippen LogP contribution in [0, 0.1) is 10.8 Å². The minimum Gasteiger partial charge on any atom is -0.481 e. The molecule has 70 heavy (non-hydrogen) atoms. The largest absolute Gasteiger partial charge is 0.481 e. The summed E-state index contributed by atoms with van der Waals surface area (Å²) in [6.45, 7) is 0.206. The van der Waals surface area contributed by atoms with Gasteiger partial charge in [0.15, 0.2) is 11.9 Å². The monoisotopic (exact) mass is 1020 g/mol. The SMILES string of the molecule is CSCC[C@H](NC(=O)[C@H](CCC(=O)O)NC(=O)[C@H](CCC(=O)O)NC(=O)[C@]1(O)C[C@@H](O)[C@@H](O)[C@H](O)C1)C(=O)N[C@@H](CCC(N)=O)C(=O)N[C@@H](CCCNC(=N)N)C(=O)N[C@@H](CCCNC(=N)N)C(N)=O. The van der Waals surface area contributed by atoms with Crippen molar-refractivity contribution in [2.75, 3.05) is 25.1 Å². The third-order valence-corrected chi connectivity index (χ3v) is 11.3. The van der Waals surface area contributed by atoms with Crippen LogP contribution in [0.5, 0.6) is 0 Å². The Labute approximate surface area is 405 Å². The summed E-state index contributed by atoms with van der Waals surface area (Å²) in [4.78, 5) is 130. The number of carboxylic acids is 2. The number of aliphatic hydroxyl groups is 4. The van der Waals surface area contributed by atoms with Gasteiger partial charge in [-0.15, -0.1) is 0 Å². The van der Waals surface area contributed by atoms with Crippen LogP contribution in [0.3, 0.4) is 0 Å². The van der Waals surface area contributed by atoms with Gasteiger partial charge in [0.1, 0.15) is 48.0 Å². The van der Waals surface area contributed by atoms with Crippen molar-refractivity contribution in [1.29, 1.82) is 10.8 Å². The van der Waals surface area contributed by atoms with Crippen molar-refractivity contribution in [2.45, 2.75) is 144 Å². The van der Waals surface area contributed by atoms with Crippen LogP contribution in [0.25, 0.3) is 0 Å². The van der Waals surface area contributed by atoms with Crippen LogP contribution >= 0.6 is 11.8 Å². The first-order chi connectivity index (χ1) is 32.7. The van der Waals surface area contributed by atoms with Crippen molar-refractivity contribution < 1.29 is 78.6 Å². The van der Waals surface area contributed by atoms with E-state index in [1.54, 1.807) is 6.26 Å². The first kappa shape index (κ1) is 61.4. The van der Waals surface area contributed by atoms with Gasteiger partial charge in [0.2, 0.25) is 41.4 Å². The molecule has 0 spiro atoms. The van der Waals surface area contributed by atoms with Gasteiger partial charge in [-0.2, -0.15) is 11.8 Å². The van der Waals surface area contributed by atoms with Crippen LogP contribution in [0.1, 0.15) is 83.5 Å². The zero-order valence-electron chi connectivity index (χ0n) is 38.5. The molecule has 396 valence electrons. The van der Waals surface area contributed by atoms with Crippen LogP contribution in [0.4, 0.5) is 0 Å². The van der Waals surface area contributed by atoms with Gasteiger partial charge in [-0.1, -0.05) is 0 Å². The molecule has 8 atom stereocenters. The average molecular weight is 1020 g/mol. The molecule has 0 aliphatic heterocycles. The Hall–Kier alpha value is -6.57. The quantitative estimate of drug-likeness (QED) is 0.0165. The van der Waals surface area contributed by atoms with E-state index in [4.69, 9.17) is 33.8 Å². The molecule has 31 heteroatoms. The molecule has 1 saturated carbocycles. The van der Waals surface area contributed by atoms with Crippen molar-refractivity contribution in [2.24, 2.45) is 22.9 Å². The Morgan fingerprint density at radius 3 is 1.26 bits per heavy atom. The number of amides is 8. The summed E-state index contributed by atoms with van der Waals surface area (Å²) in [6, 6.07) is -9.49. The highest BCUT2D eigenvalue weighted by atomic mass is 32.2. The summed E-state index contributed by atoms with van der Waals surface area (Å²) in [7, 11) is 0.